The van der Waals surface area contributed by atoms with Gasteiger partial charge in [-0.3, -0.25) is 4.79 Å². The number of para-hydroxylation sites is 1. The first-order valence-corrected chi connectivity index (χ1v) is 7.60. The Morgan fingerprint density at radius 3 is 2.45 bits per heavy atom. The van der Waals surface area contributed by atoms with Crippen LogP contribution in [0.15, 0.2) is 48.5 Å². The third kappa shape index (κ3) is 4.10. The molecule has 0 aromatic heterocycles. The maximum atomic E-state index is 12.3. The molecule has 0 radical (unpaired) electrons. The average molecular weight is 297 g/mol. The highest BCUT2D eigenvalue weighted by molar-refractivity contribution is 5.94. The van der Waals surface area contributed by atoms with Gasteiger partial charge in [-0.05, 0) is 49.1 Å². The van der Waals surface area contributed by atoms with Crippen molar-refractivity contribution in [2.75, 3.05) is 5.32 Å². The van der Waals surface area contributed by atoms with Gasteiger partial charge in [0.2, 0.25) is 0 Å². The fourth-order valence-corrected chi connectivity index (χ4v) is 2.28. The van der Waals surface area contributed by atoms with E-state index in [2.05, 4.69) is 19.2 Å². The molecule has 2 aromatic carbocycles. The molecule has 0 aliphatic carbocycles. The summed E-state index contributed by atoms with van der Waals surface area (Å²) in [5.41, 5.74) is 3.01. The second kappa shape index (κ2) is 7.12. The number of rotatable bonds is 5. The van der Waals surface area contributed by atoms with Crippen molar-refractivity contribution >= 4 is 11.6 Å². The summed E-state index contributed by atoms with van der Waals surface area (Å²) in [6.45, 7) is 7.98. The molecule has 3 nitrogen and oxygen atoms in total. The SMILES string of the molecule is Cc1cccc(NC(=O)C(C)Oc2ccccc2C(C)C)c1. The van der Waals surface area contributed by atoms with Crippen LogP contribution in [0.25, 0.3) is 0 Å². The summed E-state index contributed by atoms with van der Waals surface area (Å²) in [6.07, 6.45) is -0.555. The highest BCUT2D eigenvalue weighted by atomic mass is 16.5. The van der Waals surface area contributed by atoms with E-state index in [1.54, 1.807) is 6.92 Å². The molecule has 2 aromatic rings. The predicted molar refractivity (Wildman–Crippen MR) is 90.4 cm³/mol. The second-order valence-corrected chi connectivity index (χ2v) is 5.81. The monoisotopic (exact) mass is 297 g/mol. The first kappa shape index (κ1) is 16.1. The van der Waals surface area contributed by atoms with E-state index in [0.29, 0.717) is 5.92 Å². The number of aryl methyl sites for hydroxylation is 1. The third-order valence-electron chi connectivity index (χ3n) is 3.50. The topological polar surface area (TPSA) is 38.3 Å². The normalized spacial score (nSPS) is 12.0. The largest absolute Gasteiger partial charge is 0.481 e. The van der Waals surface area contributed by atoms with Gasteiger partial charge in [0.25, 0.3) is 5.91 Å². The summed E-state index contributed by atoms with van der Waals surface area (Å²) < 4.78 is 5.86. The maximum Gasteiger partial charge on any atom is 0.265 e. The van der Waals surface area contributed by atoms with Crippen LogP contribution in [0, 0.1) is 6.92 Å². The van der Waals surface area contributed by atoms with Gasteiger partial charge < -0.3 is 10.1 Å². The van der Waals surface area contributed by atoms with Crippen molar-refractivity contribution in [1.82, 2.24) is 0 Å². The fourth-order valence-electron chi connectivity index (χ4n) is 2.28. The van der Waals surface area contributed by atoms with Crippen molar-refractivity contribution in [3.63, 3.8) is 0 Å². The van der Waals surface area contributed by atoms with E-state index in [4.69, 9.17) is 4.74 Å². The van der Waals surface area contributed by atoms with Gasteiger partial charge in [-0.25, -0.2) is 0 Å². The third-order valence-corrected chi connectivity index (χ3v) is 3.50. The van der Waals surface area contributed by atoms with Crippen molar-refractivity contribution in [2.45, 2.75) is 39.7 Å². The number of amides is 1. The maximum absolute atomic E-state index is 12.3. The van der Waals surface area contributed by atoms with Gasteiger partial charge in [-0.2, -0.15) is 0 Å². The molecule has 0 aliphatic heterocycles. The molecule has 0 saturated heterocycles. The smallest absolute Gasteiger partial charge is 0.265 e. The molecule has 22 heavy (non-hydrogen) atoms. The molecule has 1 unspecified atom stereocenters. The molecule has 0 aliphatic rings. The van der Waals surface area contributed by atoms with E-state index in [-0.39, 0.29) is 5.91 Å². The van der Waals surface area contributed by atoms with Crippen molar-refractivity contribution in [2.24, 2.45) is 0 Å². The molecule has 0 fully saturated rings. The Labute approximate surface area is 132 Å². The van der Waals surface area contributed by atoms with Crippen LogP contribution in [0.3, 0.4) is 0 Å². The van der Waals surface area contributed by atoms with Crippen LogP contribution in [-0.2, 0) is 4.79 Å². The zero-order valence-corrected chi connectivity index (χ0v) is 13.6. The summed E-state index contributed by atoms with van der Waals surface area (Å²) in [6, 6.07) is 15.6. The summed E-state index contributed by atoms with van der Waals surface area (Å²) in [4.78, 5) is 12.3. The number of anilines is 1. The van der Waals surface area contributed by atoms with Crippen LogP contribution in [-0.4, -0.2) is 12.0 Å². The second-order valence-electron chi connectivity index (χ2n) is 5.81. The van der Waals surface area contributed by atoms with E-state index in [1.807, 2.05) is 55.5 Å². The first-order valence-electron chi connectivity index (χ1n) is 7.60. The van der Waals surface area contributed by atoms with E-state index in [1.165, 1.54) is 0 Å². The average Bonchev–Trinajstić information content (AvgIpc) is 2.47. The molecule has 0 spiro atoms. The molecule has 1 atom stereocenters. The van der Waals surface area contributed by atoms with Gasteiger partial charge in [0, 0.05) is 5.69 Å². The Bertz CT molecular complexity index is 649. The van der Waals surface area contributed by atoms with Gasteiger partial charge in [-0.15, -0.1) is 0 Å². The van der Waals surface area contributed by atoms with Crippen LogP contribution >= 0.6 is 0 Å². The van der Waals surface area contributed by atoms with E-state index in [0.717, 1.165) is 22.6 Å². The van der Waals surface area contributed by atoms with Crippen molar-refractivity contribution in [3.8, 4) is 5.75 Å². The first-order chi connectivity index (χ1) is 10.5. The van der Waals surface area contributed by atoms with E-state index in [9.17, 15) is 4.79 Å². The van der Waals surface area contributed by atoms with Crippen LogP contribution in [0.1, 0.15) is 37.8 Å². The summed E-state index contributed by atoms with van der Waals surface area (Å²) in [5, 5.41) is 2.89. The minimum absolute atomic E-state index is 0.149. The fraction of sp³-hybridized carbons (Fsp3) is 0.316. The molecule has 3 heteroatoms. The highest BCUT2D eigenvalue weighted by Crippen LogP contribution is 2.26. The van der Waals surface area contributed by atoms with Gasteiger partial charge >= 0.3 is 0 Å². The Balaban J connectivity index is 2.06. The molecule has 0 saturated carbocycles. The summed E-state index contributed by atoms with van der Waals surface area (Å²) in [7, 11) is 0. The zero-order valence-electron chi connectivity index (χ0n) is 13.6. The van der Waals surface area contributed by atoms with Crippen molar-refractivity contribution in [3.05, 3.63) is 59.7 Å². The lowest BCUT2D eigenvalue weighted by Crippen LogP contribution is -2.30. The number of hydrogen-bond donors (Lipinski definition) is 1. The highest BCUT2D eigenvalue weighted by Gasteiger charge is 2.17. The minimum atomic E-state index is -0.555. The van der Waals surface area contributed by atoms with Crippen LogP contribution in [0.4, 0.5) is 5.69 Å². The Hall–Kier alpha value is -2.29. The molecule has 1 N–H and O–H groups in total. The lowest BCUT2D eigenvalue weighted by molar-refractivity contribution is -0.122. The van der Waals surface area contributed by atoms with Crippen molar-refractivity contribution < 1.29 is 9.53 Å². The van der Waals surface area contributed by atoms with Gasteiger partial charge in [0.15, 0.2) is 6.10 Å². The van der Waals surface area contributed by atoms with Gasteiger partial charge in [0.05, 0.1) is 0 Å². The number of carbonyl (C=O) groups excluding carboxylic acids is 1. The minimum Gasteiger partial charge on any atom is -0.481 e. The Kier molecular flexibility index (Phi) is 5.21. The molecule has 0 heterocycles. The standard InChI is InChI=1S/C19H23NO2/c1-13(2)17-10-5-6-11-18(17)22-15(4)19(21)20-16-9-7-8-14(3)12-16/h5-13,15H,1-4H3,(H,20,21). The Morgan fingerprint density at radius 2 is 1.77 bits per heavy atom. The van der Waals surface area contributed by atoms with E-state index >= 15 is 0 Å². The van der Waals surface area contributed by atoms with Gasteiger partial charge in [0.1, 0.15) is 5.75 Å². The van der Waals surface area contributed by atoms with Crippen LogP contribution in [0.5, 0.6) is 5.75 Å². The number of nitrogens with one attached hydrogen (secondary N) is 1. The summed E-state index contributed by atoms with van der Waals surface area (Å²) in [5.74, 6) is 0.969. The zero-order chi connectivity index (χ0) is 16.1. The lowest BCUT2D eigenvalue weighted by Gasteiger charge is -2.18. The summed E-state index contributed by atoms with van der Waals surface area (Å²) >= 11 is 0. The number of hydrogen-bond acceptors (Lipinski definition) is 2. The van der Waals surface area contributed by atoms with E-state index < -0.39 is 6.10 Å². The molecular weight excluding hydrogens is 274 g/mol. The van der Waals surface area contributed by atoms with Gasteiger partial charge in [-0.1, -0.05) is 44.2 Å². The number of carbonyl (C=O) groups is 1. The van der Waals surface area contributed by atoms with Crippen LogP contribution < -0.4 is 10.1 Å². The van der Waals surface area contributed by atoms with Crippen LogP contribution in [0.2, 0.25) is 0 Å². The predicted octanol–water partition coefficient (Wildman–Crippen LogP) is 4.52. The Morgan fingerprint density at radius 1 is 1.05 bits per heavy atom. The molecule has 116 valence electrons. The molecule has 2 rings (SSSR count). The molecule has 1 amide bonds. The quantitative estimate of drug-likeness (QED) is 0.881. The van der Waals surface area contributed by atoms with Crippen molar-refractivity contribution in [1.29, 1.82) is 0 Å². The number of ether oxygens (including phenoxy) is 1. The lowest BCUT2D eigenvalue weighted by atomic mass is 10.0. The molecular formula is C19H23NO2. The molecule has 0 bridgehead atoms. The number of benzene rings is 2.